The van der Waals surface area contributed by atoms with Crippen molar-refractivity contribution in [3.8, 4) is 28.4 Å². The molecule has 0 spiro atoms. The number of aromatic carboxylic acids is 1. The molecule has 5 rings (SSSR count). The SMILES string of the molecule is Cc1ccc(-n2c(O)c(N=Nc3cccc(-c4cccc(C(=O)O)c4)c3O)c3c(Cl)cc(C(F)(F)F)cc32)cc1C. The maximum Gasteiger partial charge on any atom is 0.416 e. The fourth-order valence-corrected chi connectivity index (χ4v) is 4.79. The Morgan fingerprint density at radius 1 is 0.902 bits per heavy atom. The fraction of sp³-hybridized carbons (Fsp3) is 0.100. The summed E-state index contributed by atoms with van der Waals surface area (Å²) >= 11 is 6.34. The molecule has 1 heterocycles. The number of azo groups is 1. The maximum absolute atomic E-state index is 13.7. The number of aromatic nitrogens is 1. The molecule has 0 aliphatic carbocycles. The number of hydrogen-bond acceptors (Lipinski definition) is 5. The van der Waals surface area contributed by atoms with Crippen molar-refractivity contribution in [3.05, 3.63) is 100 Å². The second-order valence-corrected chi connectivity index (χ2v) is 9.79. The number of aryl methyl sites for hydroxylation is 2. The van der Waals surface area contributed by atoms with Gasteiger partial charge in [0.1, 0.15) is 5.69 Å². The van der Waals surface area contributed by atoms with Gasteiger partial charge in [-0.1, -0.05) is 41.9 Å². The number of benzene rings is 4. The topological polar surface area (TPSA) is 107 Å². The van der Waals surface area contributed by atoms with Gasteiger partial charge in [-0.2, -0.15) is 13.2 Å². The molecule has 0 saturated carbocycles. The minimum absolute atomic E-state index is 0.0193. The highest BCUT2D eigenvalue weighted by Crippen LogP contribution is 2.48. The Bertz CT molecular complexity index is 1880. The number of alkyl halides is 3. The van der Waals surface area contributed by atoms with Crippen molar-refractivity contribution < 1.29 is 33.3 Å². The molecule has 5 aromatic rings. The lowest BCUT2D eigenvalue weighted by atomic mass is 10.0. The second-order valence-electron chi connectivity index (χ2n) is 9.39. The number of aromatic hydroxyl groups is 2. The standard InChI is InChI=1S/C30H21ClF3N3O4/c1-15-9-10-20(11-16(15)2)37-24-14-19(30(32,33)34)13-22(31)25(24)26(28(37)39)36-35-23-8-4-7-21(27(23)38)17-5-3-6-18(12-17)29(40)41/h3-14,38-39H,1-2H3,(H,40,41). The Kier molecular flexibility index (Phi) is 6.96. The summed E-state index contributed by atoms with van der Waals surface area (Å²) in [5.74, 6) is -1.96. The van der Waals surface area contributed by atoms with Crippen LogP contribution in [-0.2, 0) is 6.18 Å². The van der Waals surface area contributed by atoms with Gasteiger partial charge >= 0.3 is 12.1 Å². The van der Waals surface area contributed by atoms with Crippen LogP contribution in [0.1, 0.15) is 27.0 Å². The lowest BCUT2D eigenvalue weighted by Crippen LogP contribution is -2.05. The average molecular weight is 580 g/mol. The van der Waals surface area contributed by atoms with Crippen molar-refractivity contribution >= 4 is 39.8 Å². The predicted molar refractivity (Wildman–Crippen MR) is 149 cm³/mol. The van der Waals surface area contributed by atoms with Crippen molar-refractivity contribution in [2.45, 2.75) is 20.0 Å². The molecule has 0 aliphatic rings. The van der Waals surface area contributed by atoms with Crippen LogP contribution in [0, 0.1) is 13.8 Å². The van der Waals surface area contributed by atoms with Gasteiger partial charge in [-0.15, -0.1) is 10.2 Å². The van der Waals surface area contributed by atoms with E-state index in [9.17, 15) is 33.3 Å². The Labute approximate surface area is 236 Å². The molecule has 0 radical (unpaired) electrons. The largest absolute Gasteiger partial charge is 0.505 e. The van der Waals surface area contributed by atoms with E-state index in [1.165, 1.54) is 28.8 Å². The fourth-order valence-electron chi connectivity index (χ4n) is 4.49. The van der Waals surface area contributed by atoms with E-state index in [1.54, 1.807) is 36.4 Å². The smallest absolute Gasteiger partial charge is 0.416 e. The molecule has 0 saturated heterocycles. The summed E-state index contributed by atoms with van der Waals surface area (Å²) in [6.45, 7) is 3.71. The summed E-state index contributed by atoms with van der Waals surface area (Å²) < 4.78 is 42.3. The first-order chi connectivity index (χ1) is 19.4. The van der Waals surface area contributed by atoms with Gasteiger partial charge < -0.3 is 15.3 Å². The Morgan fingerprint density at radius 3 is 2.32 bits per heavy atom. The highest BCUT2D eigenvalue weighted by Gasteiger charge is 2.33. The van der Waals surface area contributed by atoms with Gasteiger partial charge in [0, 0.05) is 11.3 Å². The zero-order chi connectivity index (χ0) is 29.6. The lowest BCUT2D eigenvalue weighted by Gasteiger charge is -2.12. The number of carboxylic acids is 1. The van der Waals surface area contributed by atoms with Crippen molar-refractivity contribution in [2.75, 3.05) is 0 Å². The average Bonchev–Trinajstić information content (AvgIpc) is 3.20. The number of phenolic OH excluding ortho intramolecular Hbond substituents is 1. The summed E-state index contributed by atoms with van der Waals surface area (Å²) in [5.41, 5.74) is 1.61. The summed E-state index contributed by atoms with van der Waals surface area (Å²) in [4.78, 5) is 11.4. The monoisotopic (exact) mass is 579 g/mol. The van der Waals surface area contributed by atoms with E-state index in [-0.39, 0.29) is 44.2 Å². The van der Waals surface area contributed by atoms with Crippen molar-refractivity contribution in [2.24, 2.45) is 10.2 Å². The van der Waals surface area contributed by atoms with E-state index in [2.05, 4.69) is 10.2 Å². The van der Waals surface area contributed by atoms with Gasteiger partial charge in [-0.25, -0.2) is 4.79 Å². The van der Waals surface area contributed by atoms with Crippen LogP contribution in [0.4, 0.5) is 24.5 Å². The van der Waals surface area contributed by atoms with Gasteiger partial charge in [0.2, 0.25) is 5.88 Å². The Hall–Kier alpha value is -4.83. The van der Waals surface area contributed by atoms with E-state index in [0.717, 1.165) is 23.3 Å². The summed E-state index contributed by atoms with van der Waals surface area (Å²) in [6, 6.07) is 17.3. The van der Waals surface area contributed by atoms with E-state index in [0.29, 0.717) is 11.3 Å². The zero-order valence-electron chi connectivity index (χ0n) is 21.5. The predicted octanol–water partition coefficient (Wildman–Crippen LogP) is 9.11. The normalized spacial score (nSPS) is 12.0. The van der Waals surface area contributed by atoms with Gasteiger partial charge in [0.15, 0.2) is 11.4 Å². The number of hydrogen-bond donors (Lipinski definition) is 3. The number of phenols is 1. The maximum atomic E-state index is 13.7. The molecule has 0 bridgehead atoms. The number of carbonyl (C=O) groups is 1. The van der Waals surface area contributed by atoms with Gasteiger partial charge in [0.25, 0.3) is 0 Å². The molecular weight excluding hydrogens is 559 g/mol. The number of nitrogens with zero attached hydrogens (tertiary/aromatic N) is 3. The molecule has 3 N–H and O–H groups in total. The number of para-hydroxylation sites is 1. The van der Waals surface area contributed by atoms with E-state index < -0.39 is 23.6 Å². The first-order valence-electron chi connectivity index (χ1n) is 12.2. The number of carboxylic acid groups (broad SMARTS) is 1. The minimum atomic E-state index is -4.70. The Balaban J connectivity index is 1.69. The summed E-state index contributed by atoms with van der Waals surface area (Å²) in [5, 5.41) is 39.4. The third kappa shape index (κ3) is 5.09. The molecule has 0 atom stereocenters. The molecule has 0 fully saturated rings. The molecule has 4 aromatic carbocycles. The molecule has 0 amide bonds. The number of halogens is 4. The highest BCUT2D eigenvalue weighted by molar-refractivity contribution is 6.37. The van der Waals surface area contributed by atoms with Crippen LogP contribution in [0.2, 0.25) is 5.02 Å². The van der Waals surface area contributed by atoms with Crippen molar-refractivity contribution in [1.29, 1.82) is 0 Å². The third-order valence-electron chi connectivity index (χ3n) is 6.74. The molecule has 11 heteroatoms. The molecule has 41 heavy (non-hydrogen) atoms. The second kappa shape index (κ2) is 10.3. The summed E-state index contributed by atoms with van der Waals surface area (Å²) in [7, 11) is 0. The van der Waals surface area contributed by atoms with E-state index in [1.807, 2.05) is 13.8 Å². The molecular formula is C30H21ClF3N3O4. The first-order valence-corrected chi connectivity index (χ1v) is 12.5. The summed E-state index contributed by atoms with van der Waals surface area (Å²) in [6.07, 6.45) is -4.70. The quantitative estimate of drug-likeness (QED) is 0.180. The van der Waals surface area contributed by atoms with E-state index >= 15 is 0 Å². The molecule has 0 unspecified atom stereocenters. The molecule has 7 nitrogen and oxygen atoms in total. The molecule has 0 aliphatic heterocycles. The lowest BCUT2D eigenvalue weighted by molar-refractivity contribution is -0.137. The third-order valence-corrected chi connectivity index (χ3v) is 7.04. The van der Waals surface area contributed by atoms with Crippen LogP contribution >= 0.6 is 11.6 Å². The number of fused-ring (bicyclic) bond motifs is 1. The van der Waals surface area contributed by atoms with Crippen LogP contribution in [0.15, 0.2) is 83.0 Å². The molecule has 1 aromatic heterocycles. The van der Waals surface area contributed by atoms with Gasteiger partial charge in [-0.3, -0.25) is 4.57 Å². The van der Waals surface area contributed by atoms with Crippen LogP contribution in [0.25, 0.3) is 27.7 Å². The van der Waals surface area contributed by atoms with Crippen molar-refractivity contribution in [1.82, 2.24) is 4.57 Å². The Morgan fingerprint density at radius 2 is 1.63 bits per heavy atom. The zero-order valence-corrected chi connectivity index (χ0v) is 22.3. The van der Waals surface area contributed by atoms with Crippen LogP contribution in [-0.4, -0.2) is 25.9 Å². The van der Waals surface area contributed by atoms with Gasteiger partial charge in [0.05, 0.1) is 27.1 Å². The number of rotatable bonds is 5. The minimum Gasteiger partial charge on any atom is -0.505 e. The van der Waals surface area contributed by atoms with Crippen LogP contribution in [0.5, 0.6) is 11.6 Å². The van der Waals surface area contributed by atoms with Crippen LogP contribution in [0.3, 0.4) is 0 Å². The molecule has 208 valence electrons. The van der Waals surface area contributed by atoms with Crippen molar-refractivity contribution in [3.63, 3.8) is 0 Å². The van der Waals surface area contributed by atoms with Gasteiger partial charge in [-0.05, 0) is 73.0 Å². The van der Waals surface area contributed by atoms with Crippen LogP contribution < -0.4 is 0 Å². The highest BCUT2D eigenvalue weighted by atomic mass is 35.5. The van der Waals surface area contributed by atoms with E-state index in [4.69, 9.17) is 11.6 Å². The first kappa shape index (κ1) is 27.7.